The third-order valence-corrected chi connectivity index (χ3v) is 2.39. The Bertz CT molecular complexity index is 597. The monoisotopic (exact) mass is 272 g/mol. The Morgan fingerprint density at radius 3 is 2.20 bits per heavy atom. The lowest BCUT2D eigenvalue weighted by Crippen LogP contribution is -2.19. The minimum absolute atomic E-state index is 0. The second-order valence-corrected chi connectivity index (χ2v) is 3.75. The van der Waals surface area contributed by atoms with Crippen molar-refractivity contribution in [3.63, 3.8) is 0 Å². The number of amides is 1. The van der Waals surface area contributed by atoms with Gasteiger partial charge in [-0.2, -0.15) is 0 Å². The third-order valence-electron chi connectivity index (χ3n) is 2.39. The molecule has 0 atom stereocenters. The number of nitrogens with one attached hydrogen (secondary N) is 1. The predicted molar refractivity (Wildman–Crippen MR) is 77.9 cm³/mol. The van der Waals surface area contributed by atoms with E-state index in [-0.39, 0.29) is 13.0 Å². The normalized spacial score (nSPS) is 9.20. The molecule has 104 valence electrons. The Hall–Kier alpha value is -2.82. The maximum Gasteiger partial charge on any atom is 0.412 e. The fourth-order valence-corrected chi connectivity index (χ4v) is 1.59. The number of carbonyl (C=O) groups excluding carboxylic acids is 2. The number of anilines is 2. The van der Waals surface area contributed by atoms with Gasteiger partial charge in [-0.3, -0.25) is 0 Å². The molecule has 0 aliphatic carbocycles. The number of para-hydroxylation sites is 2. The number of hydrogen-bond acceptors (Lipinski definition) is 4. The zero-order valence-electron chi connectivity index (χ0n) is 10.00. The van der Waals surface area contributed by atoms with Gasteiger partial charge in [0.15, 0.2) is 0 Å². The first-order valence-electron chi connectivity index (χ1n) is 5.59. The van der Waals surface area contributed by atoms with Crippen LogP contribution in [0.2, 0.25) is 0 Å². The van der Waals surface area contributed by atoms with E-state index in [0.717, 1.165) is 5.69 Å². The molecule has 20 heavy (non-hydrogen) atoms. The first-order chi connectivity index (χ1) is 9.16. The van der Waals surface area contributed by atoms with Gasteiger partial charge >= 0.3 is 12.1 Å². The summed E-state index contributed by atoms with van der Waals surface area (Å²) < 4.78 is 4.37. The number of benzene rings is 2. The molecule has 0 radical (unpaired) electrons. The minimum Gasteiger partial charge on any atom is -0.373 e. The number of nitrogens with two attached hydrogens (primary N) is 1. The maximum absolute atomic E-state index is 11.7. The number of carbonyl (C=O) groups is 2. The SMILES string of the molecule is C.NC(=O)OC(=O)c1ccccc1Nc1ccccc1. The highest BCUT2D eigenvalue weighted by Crippen LogP contribution is 2.21. The second-order valence-electron chi connectivity index (χ2n) is 3.75. The van der Waals surface area contributed by atoms with Crippen molar-refractivity contribution in [2.24, 2.45) is 5.73 Å². The lowest BCUT2D eigenvalue weighted by Gasteiger charge is -2.10. The zero-order valence-corrected chi connectivity index (χ0v) is 10.00. The van der Waals surface area contributed by atoms with Crippen molar-refractivity contribution in [3.05, 3.63) is 60.2 Å². The van der Waals surface area contributed by atoms with Crippen LogP contribution in [-0.2, 0) is 4.74 Å². The van der Waals surface area contributed by atoms with Crippen molar-refractivity contribution in [3.8, 4) is 0 Å². The number of hydrogen-bond donors (Lipinski definition) is 2. The molecular formula is C15H16N2O3. The Morgan fingerprint density at radius 2 is 1.55 bits per heavy atom. The predicted octanol–water partition coefficient (Wildman–Crippen LogP) is 3.30. The molecule has 2 rings (SSSR count). The van der Waals surface area contributed by atoms with Crippen LogP contribution in [0, 0.1) is 0 Å². The van der Waals surface area contributed by atoms with Crippen LogP contribution in [-0.4, -0.2) is 12.1 Å². The smallest absolute Gasteiger partial charge is 0.373 e. The van der Waals surface area contributed by atoms with E-state index in [2.05, 4.69) is 10.1 Å². The standard InChI is InChI=1S/C14H12N2O3.CH4/c15-14(18)19-13(17)11-8-4-5-9-12(11)16-10-6-2-1-3-7-10;/h1-9,16H,(H2,15,18);1H4. The van der Waals surface area contributed by atoms with Crippen LogP contribution in [0.15, 0.2) is 54.6 Å². The first kappa shape index (κ1) is 15.2. The molecule has 0 spiro atoms. The van der Waals surface area contributed by atoms with Gasteiger partial charge < -0.3 is 15.8 Å². The van der Waals surface area contributed by atoms with E-state index < -0.39 is 12.1 Å². The van der Waals surface area contributed by atoms with Gasteiger partial charge in [0.25, 0.3) is 0 Å². The fraction of sp³-hybridized carbons (Fsp3) is 0.0667. The Morgan fingerprint density at radius 1 is 0.950 bits per heavy atom. The highest BCUT2D eigenvalue weighted by atomic mass is 16.6. The highest BCUT2D eigenvalue weighted by Gasteiger charge is 2.14. The molecule has 0 heterocycles. The average Bonchev–Trinajstić information content (AvgIpc) is 2.39. The van der Waals surface area contributed by atoms with Gasteiger partial charge in [0, 0.05) is 5.69 Å². The van der Waals surface area contributed by atoms with E-state index in [9.17, 15) is 9.59 Å². The minimum atomic E-state index is -1.13. The molecule has 0 saturated carbocycles. The second kappa shape index (κ2) is 6.94. The largest absolute Gasteiger partial charge is 0.412 e. The zero-order chi connectivity index (χ0) is 13.7. The lowest BCUT2D eigenvalue weighted by molar-refractivity contribution is 0.0639. The van der Waals surface area contributed by atoms with Crippen LogP contribution in [0.5, 0.6) is 0 Å². The summed E-state index contributed by atoms with van der Waals surface area (Å²) in [5.74, 6) is -0.786. The molecule has 0 bridgehead atoms. The quantitative estimate of drug-likeness (QED) is 0.663. The van der Waals surface area contributed by atoms with Gasteiger partial charge in [-0.25, -0.2) is 9.59 Å². The molecule has 3 N–H and O–H groups in total. The van der Waals surface area contributed by atoms with Crippen LogP contribution >= 0.6 is 0 Å². The summed E-state index contributed by atoms with van der Waals surface area (Å²) in [4.78, 5) is 22.3. The average molecular weight is 272 g/mol. The van der Waals surface area contributed by atoms with Crippen molar-refractivity contribution in [1.29, 1.82) is 0 Å². The topological polar surface area (TPSA) is 81.4 Å². The number of primary amides is 1. The molecule has 0 aliphatic rings. The lowest BCUT2D eigenvalue weighted by atomic mass is 10.1. The van der Waals surface area contributed by atoms with Crippen molar-refractivity contribution in [1.82, 2.24) is 0 Å². The van der Waals surface area contributed by atoms with E-state index in [0.29, 0.717) is 5.69 Å². The summed E-state index contributed by atoms with van der Waals surface area (Å²) in [5.41, 5.74) is 6.43. The van der Waals surface area contributed by atoms with E-state index >= 15 is 0 Å². The highest BCUT2D eigenvalue weighted by molar-refractivity contribution is 6.01. The molecule has 0 fully saturated rings. The number of esters is 1. The van der Waals surface area contributed by atoms with E-state index in [1.807, 2.05) is 30.3 Å². The molecule has 0 saturated heterocycles. The van der Waals surface area contributed by atoms with Gasteiger partial charge in [-0.15, -0.1) is 0 Å². The summed E-state index contributed by atoms with van der Waals surface area (Å²) in [6.45, 7) is 0. The molecule has 5 nitrogen and oxygen atoms in total. The van der Waals surface area contributed by atoms with Crippen LogP contribution in [0.1, 0.15) is 17.8 Å². The van der Waals surface area contributed by atoms with Crippen molar-refractivity contribution in [2.45, 2.75) is 7.43 Å². The van der Waals surface area contributed by atoms with Crippen LogP contribution in [0.3, 0.4) is 0 Å². The van der Waals surface area contributed by atoms with Crippen LogP contribution < -0.4 is 11.1 Å². The summed E-state index contributed by atoms with van der Waals surface area (Å²) >= 11 is 0. The van der Waals surface area contributed by atoms with Gasteiger partial charge in [0.2, 0.25) is 0 Å². The maximum atomic E-state index is 11.7. The van der Waals surface area contributed by atoms with Crippen LogP contribution in [0.4, 0.5) is 16.2 Å². The van der Waals surface area contributed by atoms with E-state index in [1.165, 1.54) is 0 Å². The van der Waals surface area contributed by atoms with Gasteiger partial charge in [0.1, 0.15) is 0 Å². The number of rotatable bonds is 3. The Kier molecular flexibility index (Phi) is 5.29. The summed E-state index contributed by atoms with van der Waals surface area (Å²) in [6, 6.07) is 16.0. The molecule has 2 aromatic carbocycles. The molecule has 0 aromatic heterocycles. The van der Waals surface area contributed by atoms with Crippen molar-refractivity contribution in [2.75, 3.05) is 5.32 Å². The summed E-state index contributed by atoms with van der Waals surface area (Å²) in [5, 5.41) is 3.07. The van der Waals surface area contributed by atoms with E-state index in [1.54, 1.807) is 24.3 Å². The molecule has 5 heteroatoms. The van der Waals surface area contributed by atoms with Gasteiger partial charge in [-0.05, 0) is 24.3 Å². The van der Waals surface area contributed by atoms with Gasteiger partial charge in [0.05, 0.1) is 11.3 Å². The molecule has 1 amide bonds. The molecular weight excluding hydrogens is 256 g/mol. The third kappa shape index (κ3) is 3.84. The molecule has 0 unspecified atom stereocenters. The number of ether oxygens (including phenoxy) is 1. The van der Waals surface area contributed by atoms with Gasteiger partial charge in [-0.1, -0.05) is 37.8 Å². The van der Waals surface area contributed by atoms with Crippen LogP contribution in [0.25, 0.3) is 0 Å². The molecule has 0 aliphatic heterocycles. The first-order valence-corrected chi connectivity index (χ1v) is 5.59. The summed E-state index contributed by atoms with van der Waals surface area (Å²) in [7, 11) is 0. The van der Waals surface area contributed by atoms with Crippen molar-refractivity contribution >= 4 is 23.4 Å². The summed E-state index contributed by atoms with van der Waals surface area (Å²) in [6.07, 6.45) is -1.13. The Labute approximate surface area is 117 Å². The van der Waals surface area contributed by atoms with Crippen molar-refractivity contribution < 1.29 is 14.3 Å². The van der Waals surface area contributed by atoms with E-state index in [4.69, 9.17) is 5.73 Å². The molecule has 2 aromatic rings. The Balaban J connectivity index is 0.00000200. The fourth-order valence-electron chi connectivity index (χ4n) is 1.59.